The Hall–Kier alpha value is -0.210. The number of nitrogens with zero attached hydrogens (tertiary/aromatic N) is 1. The van der Waals surface area contributed by atoms with Crippen LogP contribution in [0.1, 0.15) is 18.1 Å². The summed E-state index contributed by atoms with van der Waals surface area (Å²) in [6, 6.07) is 0. The molecule has 0 aliphatic carbocycles. The molecule has 4 heteroatoms. The van der Waals surface area contributed by atoms with E-state index in [-0.39, 0.29) is 17.8 Å². The Labute approximate surface area is 65.0 Å². The lowest BCUT2D eigenvalue weighted by Gasteiger charge is -1.92. The van der Waals surface area contributed by atoms with Gasteiger partial charge in [-0.25, -0.2) is 4.98 Å². The van der Waals surface area contributed by atoms with E-state index in [1.165, 1.54) is 0 Å². The highest BCUT2D eigenvalue weighted by Crippen LogP contribution is 2.12. The van der Waals surface area contributed by atoms with Gasteiger partial charge in [-0.1, -0.05) is 0 Å². The maximum absolute atomic E-state index is 5.65. The minimum atomic E-state index is -0.00926. The monoisotopic (exact) mass is 166 g/mol. The summed E-state index contributed by atoms with van der Waals surface area (Å²) in [7, 11) is 0. The minimum absolute atomic E-state index is 0. The molecule has 0 radical (unpaired) electrons. The van der Waals surface area contributed by atoms with Crippen LogP contribution >= 0.6 is 24.0 Å². The van der Waals surface area contributed by atoms with Gasteiger partial charge >= 0.3 is 0 Å². The predicted octanol–water partition coefficient (Wildman–Crippen LogP) is 2.13. The highest BCUT2D eigenvalue weighted by atomic mass is 35.5. The van der Waals surface area contributed by atoms with Gasteiger partial charge in [0.2, 0.25) is 0 Å². The molecule has 1 N–H and O–H groups in total. The van der Waals surface area contributed by atoms with Crippen LogP contribution in [0.2, 0.25) is 0 Å². The van der Waals surface area contributed by atoms with Crippen molar-refractivity contribution in [1.82, 2.24) is 9.97 Å². The molecule has 0 aromatic carbocycles. The van der Waals surface area contributed by atoms with Gasteiger partial charge in [0.1, 0.15) is 5.82 Å². The van der Waals surface area contributed by atoms with Crippen LogP contribution in [-0.4, -0.2) is 9.97 Å². The molecule has 9 heavy (non-hydrogen) atoms. The number of hydrogen-bond acceptors (Lipinski definition) is 1. The third-order valence-electron chi connectivity index (χ3n) is 0.896. The molecular formula is C5H8Cl2N2. The number of rotatable bonds is 1. The summed E-state index contributed by atoms with van der Waals surface area (Å²) in [5.41, 5.74) is 0. The average molecular weight is 167 g/mol. The Kier molecular flexibility index (Phi) is 3.66. The van der Waals surface area contributed by atoms with Crippen LogP contribution in [0.5, 0.6) is 0 Å². The Morgan fingerprint density at radius 3 is 2.67 bits per heavy atom. The second kappa shape index (κ2) is 3.75. The van der Waals surface area contributed by atoms with Crippen LogP contribution < -0.4 is 0 Å². The number of imidazole rings is 1. The lowest BCUT2D eigenvalue weighted by Crippen LogP contribution is -1.84. The molecule has 1 aromatic rings. The van der Waals surface area contributed by atoms with Crippen LogP contribution in [0.25, 0.3) is 0 Å². The van der Waals surface area contributed by atoms with Gasteiger partial charge in [0.15, 0.2) is 0 Å². The van der Waals surface area contributed by atoms with E-state index in [0.717, 1.165) is 5.82 Å². The van der Waals surface area contributed by atoms with Gasteiger partial charge in [-0.3, -0.25) is 0 Å². The number of nitrogens with one attached hydrogen (secondary N) is 1. The van der Waals surface area contributed by atoms with Crippen molar-refractivity contribution in [2.75, 3.05) is 0 Å². The average Bonchev–Trinajstić information content (AvgIpc) is 2.12. The van der Waals surface area contributed by atoms with Gasteiger partial charge in [0.05, 0.1) is 5.38 Å². The van der Waals surface area contributed by atoms with Crippen molar-refractivity contribution < 1.29 is 0 Å². The first kappa shape index (κ1) is 8.79. The number of aromatic amines is 1. The van der Waals surface area contributed by atoms with Crippen molar-refractivity contribution in [1.29, 1.82) is 0 Å². The molecular weight excluding hydrogens is 159 g/mol. The molecule has 2 nitrogen and oxygen atoms in total. The summed E-state index contributed by atoms with van der Waals surface area (Å²) in [6.07, 6.45) is 3.45. The predicted molar refractivity (Wildman–Crippen MR) is 40.1 cm³/mol. The summed E-state index contributed by atoms with van der Waals surface area (Å²) < 4.78 is 0. The lowest BCUT2D eigenvalue weighted by atomic mass is 10.5. The highest BCUT2D eigenvalue weighted by Gasteiger charge is 1.99. The summed E-state index contributed by atoms with van der Waals surface area (Å²) >= 11 is 5.65. The number of halogens is 2. The second-order valence-corrected chi connectivity index (χ2v) is 2.25. The molecule has 0 saturated heterocycles. The van der Waals surface area contributed by atoms with Gasteiger partial charge in [0, 0.05) is 12.4 Å². The van der Waals surface area contributed by atoms with E-state index in [2.05, 4.69) is 9.97 Å². The summed E-state index contributed by atoms with van der Waals surface area (Å²) in [5, 5.41) is -0.00926. The molecule has 0 amide bonds. The molecule has 0 saturated carbocycles. The zero-order chi connectivity index (χ0) is 5.98. The largest absolute Gasteiger partial charge is 0.347 e. The van der Waals surface area contributed by atoms with Gasteiger partial charge < -0.3 is 4.98 Å². The fraction of sp³-hybridized carbons (Fsp3) is 0.400. The Balaban J connectivity index is 0.000000640. The first-order chi connectivity index (χ1) is 3.80. The van der Waals surface area contributed by atoms with E-state index in [4.69, 9.17) is 11.6 Å². The van der Waals surface area contributed by atoms with Crippen LogP contribution in [0, 0.1) is 0 Å². The third-order valence-corrected chi connectivity index (χ3v) is 1.10. The summed E-state index contributed by atoms with van der Waals surface area (Å²) in [6.45, 7) is 1.88. The quantitative estimate of drug-likeness (QED) is 0.637. The van der Waals surface area contributed by atoms with Crippen molar-refractivity contribution in [3.63, 3.8) is 0 Å². The van der Waals surface area contributed by atoms with Crippen LogP contribution in [0.4, 0.5) is 0 Å². The molecule has 1 atom stereocenters. The number of aromatic nitrogens is 2. The van der Waals surface area contributed by atoms with Crippen molar-refractivity contribution in [2.24, 2.45) is 0 Å². The molecule has 0 fully saturated rings. The second-order valence-electron chi connectivity index (χ2n) is 1.59. The molecule has 0 spiro atoms. The lowest BCUT2D eigenvalue weighted by molar-refractivity contribution is 0.953. The zero-order valence-electron chi connectivity index (χ0n) is 4.97. The van der Waals surface area contributed by atoms with E-state index in [1.54, 1.807) is 12.4 Å². The SMILES string of the molecule is CC(Cl)c1ncc[nH]1.Cl. The van der Waals surface area contributed by atoms with E-state index in [9.17, 15) is 0 Å². The van der Waals surface area contributed by atoms with Crippen molar-refractivity contribution in [3.8, 4) is 0 Å². The maximum atomic E-state index is 5.65. The number of hydrogen-bond donors (Lipinski definition) is 1. The highest BCUT2D eigenvalue weighted by molar-refractivity contribution is 6.20. The molecule has 1 heterocycles. The molecule has 1 unspecified atom stereocenters. The van der Waals surface area contributed by atoms with Gasteiger partial charge in [-0.15, -0.1) is 24.0 Å². The normalized spacial score (nSPS) is 12.2. The topological polar surface area (TPSA) is 28.7 Å². The fourth-order valence-electron chi connectivity index (χ4n) is 0.495. The smallest absolute Gasteiger partial charge is 0.123 e. The van der Waals surface area contributed by atoms with E-state index >= 15 is 0 Å². The molecule has 1 rings (SSSR count). The van der Waals surface area contributed by atoms with Crippen molar-refractivity contribution in [2.45, 2.75) is 12.3 Å². The molecule has 1 aromatic heterocycles. The standard InChI is InChI=1S/C5H7ClN2.ClH/c1-4(6)5-7-2-3-8-5;/h2-4H,1H3,(H,7,8);1H. The molecule has 0 aliphatic heterocycles. The Morgan fingerprint density at radius 1 is 1.78 bits per heavy atom. The summed E-state index contributed by atoms with van der Waals surface area (Å²) in [5.74, 6) is 0.826. The molecule has 0 bridgehead atoms. The summed E-state index contributed by atoms with van der Waals surface area (Å²) in [4.78, 5) is 6.82. The van der Waals surface area contributed by atoms with Gasteiger partial charge in [0.25, 0.3) is 0 Å². The van der Waals surface area contributed by atoms with Crippen molar-refractivity contribution in [3.05, 3.63) is 18.2 Å². The van der Waals surface area contributed by atoms with E-state index in [1.807, 2.05) is 6.92 Å². The van der Waals surface area contributed by atoms with Gasteiger partial charge in [-0.2, -0.15) is 0 Å². The Bertz CT molecular complexity index is 148. The first-order valence-corrected chi connectivity index (χ1v) is 2.87. The first-order valence-electron chi connectivity index (χ1n) is 2.44. The maximum Gasteiger partial charge on any atom is 0.123 e. The molecule has 52 valence electrons. The third kappa shape index (κ3) is 2.24. The zero-order valence-corrected chi connectivity index (χ0v) is 6.54. The van der Waals surface area contributed by atoms with E-state index < -0.39 is 0 Å². The minimum Gasteiger partial charge on any atom is -0.347 e. The number of H-pyrrole nitrogens is 1. The number of alkyl halides is 1. The van der Waals surface area contributed by atoms with E-state index in [0.29, 0.717) is 0 Å². The molecule has 0 aliphatic rings. The van der Waals surface area contributed by atoms with Crippen LogP contribution in [0.15, 0.2) is 12.4 Å². The Morgan fingerprint density at radius 2 is 2.44 bits per heavy atom. The fourth-order valence-corrected chi connectivity index (χ4v) is 0.614. The van der Waals surface area contributed by atoms with Gasteiger partial charge in [-0.05, 0) is 6.92 Å². The van der Waals surface area contributed by atoms with Crippen LogP contribution in [0.3, 0.4) is 0 Å². The van der Waals surface area contributed by atoms with Crippen molar-refractivity contribution >= 4 is 24.0 Å². The van der Waals surface area contributed by atoms with Crippen LogP contribution in [-0.2, 0) is 0 Å².